The van der Waals surface area contributed by atoms with E-state index in [2.05, 4.69) is 24.0 Å². The average Bonchev–Trinajstić information content (AvgIpc) is 2.30. The fourth-order valence-corrected chi connectivity index (χ4v) is 2.02. The van der Waals surface area contributed by atoms with Gasteiger partial charge in [0.15, 0.2) is 0 Å². The van der Waals surface area contributed by atoms with Crippen molar-refractivity contribution in [3.63, 3.8) is 0 Å². The highest BCUT2D eigenvalue weighted by Gasteiger charge is 2.19. The van der Waals surface area contributed by atoms with Crippen LogP contribution in [0.15, 0.2) is 23.9 Å². The van der Waals surface area contributed by atoms with Crippen LogP contribution < -0.4 is 0 Å². The quantitative estimate of drug-likeness (QED) is 0.638. The fraction of sp³-hybridized carbons (Fsp3) is 0.583. The third-order valence-electron chi connectivity index (χ3n) is 3.06. The van der Waals surface area contributed by atoms with Crippen LogP contribution in [-0.4, -0.2) is 37.5 Å². The van der Waals surface area contributed by atoms with Crippen molar-refractivity contribution in [1.82, 2.24) is 4.90 Å². The van der Waals surface area contributed by atoms with Gasteiger partial charge in [-0.15, -0.1) is 0 Å². The smallest absolute Gasteiger partial charge is 0.127 e. The normalized spacial score (nSPS) is 31.3. The Balaban J connectivity index is 2.04. The molecular weight excluding hydrogens is 190 g/mol. The Morgan fingerprint density at radius 2 is 2.20 bits per heavy atom. The van der Waals surface area contributed by atoms with Crippen molar-refractivity contribution in [3.05, 3.63) is 23.9 Å². The van der Waals surface area contributed by atoms with Crippen LogP contribution >= 0.6 is 0 Å². The van der Waals surface area contributed by atoms with Crippen molar-refractivity contribution >= 4 is 6.29 Å². The number of carbonyl (C=O) groups is 1. The van der Waals surface area contributed by atoms with Crippen LogP contribution in [0.5, 0.6) is 0 Å². The SMILES string of the molecule is CC1C=C(N2CCOCC2)C=CC1C=O. The third kappa shape index (κ3) is 2.29. The number of allylic oxidation sites excluding steroid dienone is 3. The molecule has 1 aliphatic heterocycles. The highest BCUT2D eigenvalue weighted by molar-refractivity contribution is 5.59. The minimum Gasteiger partial charge on any atom is -0.378 e. The van der Waals surface area contributed by atoms with Crippen molar-refractivity contribution in [2.24, 2.45) is 11.8 Å². The minimum atomic E-state index is 0.0507. The largest absolute Gasteiger partial charge is 0.378 e. The maximum atomic E-state index is 10.7. The maximum absolute atomic E-state index is 10.7. The average molecular weight is 207 g/mol. The van der Waals surface area contributed by atoms with E-state index in [1.54, 1.807) is 0 Å². The molecule has 0 saturated carbocycles. The van der Waals surface area contributed by atoms with Gasteiger partial charge >= 0.3 is 0 Å². The molecule has 1 fully saturated rings. The summed E-state index contributed by atoms with van der Waals surface area (Å²) in [4.78, 5) is 13.1. The molecular formula is C12H17NO2. The van der Waals surface area contributed by atoms with Crippen LogP contribution in [-0.2, 0) is 9.53 Å². The number of carbonyl (C=O) groups excluding carboxylic acids is 1. The van der Waals surface area contributed by atoms with E-state index in [9.17, 15) is 4.79 Å². The highest BCUT2D eigenvalue weighted by Crippen LogP contribution is 2.23. The summed E-state index contributed by atoms with van der Waals surface area (Å²) in [6.07, 6.45) is 7.27. The topological polar surface area (TPSA) is 29.5 Å². The van der Waals surface area contributed by atoms with Crippen LogP contribution in [0.3, 0.4) is 0 Å². The third-order valence-corrected chi connectivity index (χ3v) is 3.06. The van der Waals surface area contributed by atoms with Gasteiger partial charge in [-0.1, -0.05) is 19.1 Å². The van der Waals surface area contributed by atoms with Gasteiger partial charge < -0.3 is 14.4 Å². The highest BCUT2D eigenvalue weighted by atomic mass is 16.5. The Morgan fingerprint density at radius 1 is 1.47 bits per heavy atom. The van der Waals surface area contributed by atoms with E-state index in [1.165, 1.54) is 5.70 Å². The van der Waals surface area contributed by atoms with E-state index >= 15 is 0 Å². The molecule has 2 atom stereocenters. The number of hydrogen-bond acceptors (Lipinski definition) is 3. The molecule has 1 aliphatic carbocycles. The predicted molar refractivity (Wildman–Crippen MR) is 58.3 cm³/mol. The Morgan fingerprint density at radius 3 is 2.80 bits per heavy atom. The number of nitrogens with zero attached hydrogens (tertiary/aromatic N) is 1. The molecule has 0 radical (unpaired) electrons. The van der Waals surface area contributed by atoms with Gasteiger partial charge in [-0.25, -0.2) is 0 Å². The lowest BCUT2D eigenvalue weighted by molar-refractivity contribution is -0.110. The van der Waals surface area contributed by atoms with Crippen molar-refractivity contribution in [2.75, 3.05) is 26.3 Å². The molecule has 0 aromatic heterocycles. The first kappa shape index (κ1) is 10.4. The van der Waals surface area contributed by atoms with Crippen molar-refractivity contribution in [3.8, 4) is 0 Å². The lowest BCUT2D eigenvalue weighted by atomic mass is 9.90. The molecule has 0 amide bonds. The van der Waals surface area contributed by atoms with Gasteiger partial charge in [0.25, 0.3) is 0 Å². The monoisotopic (exact) mass is 207 g/mol. The maximum Gasteiger partial charge on any atom is 0.127 e. The summed E-state index contributed by atoms with van der Waals surface area (Å²) in [5, 5.41) is 0. The standard InChI is InChI=1S/C12H17NO2/c1-10-8-12(3-2-11(10)9-14)13-4-6-15-7-5-13/h2-3,8-11H,4-7H2,1H3. The minimum absolute atomic E-state index is 0.0507. The first-order valence-electron chi connectivity index (χ1n) is 5.49. The molecule has 1 saturated heterocycles. The van der Waals surface area contributed by atoms with E-state index < -0.39 is 0 Å². The number of aldehydes is 1. The van der Waals surface area contributed by atoms with Gasteiger partial charge in [0.2, 0.25) is 0 Å². The molecule has 2 unspecified atom stereocenters. The van der Waals surface area contributed by atoms with Crippen LogP contribution in [0.2, 0.25) is 0 Å². The van der Waals surface area contributed by atoms with E-state index in [4.69, 9.17) is 4.74 Å². The van der Waals surface area contributed by atoms with Gasteiger partial charge in [-0.05, 0) is 12.0 Å². The number of ether oxygens (including phenoxy) is 1. The molecule has 3 nitrogen and oxygen atoms in total. The summed E-state index contributed by atoms with van der Waals surface area (Å²) >= 11 is 0. The summed E-state index contributed by atoms with van der Waals surface area (Å²) in [5.41, 5.74) is 1.24. The van der Waals surface area contributed by atoms with E-state index in [-0.39, 0.29) is 5.92 Å². The number of hydrogen-bond donors (Lipinski definition) is 0. The zero-order chi connectivity index (χ0) is 10.7. The molecule has 0 aromatic rings. The van der Waals surface area contributed by atoms with Crippen LogP contribution in [0.1, 0.15) is 6.92 Å². The van der Waals surface area contributed by atoms with E-state index in [0.29, 0.717) is 5.92 Å². The van der Waals surface area contributed by atoms with E-state index in [0.717, 1.165) is 32.6 Å². The zero-order valence-corrected chi connectivity index (χ0v) is 9.06. The van der Waals surface area contributed by atoms with Crippen LogP contribution in [0, 0.1) is 11.8 Å². The predicted octanol–water partition coefficient (Wildman–Crippen LogP) is 1.22. The second-order valence-electron chi connectivity index (χ2n) is 4.12. The van der Waals surface area contributed by atoms with Crippen LogP contribution in [0.4, 0.5) is 0 Å². The van der Waals surface area contributed by atoms with Crippen molar-refractivity contribution in [1.29, 1.82) is 0 Å². The Labute approximate surface area is 90.4 Å². The Bertz CT molecular complexity index is 290. The van der Waals surface area contributed by atoms with Gasteiger partial charge in [-0.2, -0.15) is 0 Å². The molecule has 3 heteroatoms. The molecule has 2 aliphatic rings. The van der Waals surface area contributed by atoms with Crippen molar-refractivity contribution in [2.45, 2.75) is 6.92 Å². The molecule has 0 bridgehead atoms. The molecule has 0 aromatic carbocycles. The fourth-order valence-electron chi connectivity index (χ4n) is 2.02. The molecule has 82 valence electrons. The van der Waals surface area contributed by atoms with Gasteiger partial charge in [0.1, 0.15) is 6.29 Å². The lowest BCUT2D eigenvalue weighted by Gasteiger charge is -2.32. The van der Waals surface area contributed by atoms with Gasteiger partial charge in [0, 0.05) is 24.7 Å². The molecule has 1 heterocycles. The Hall–Kier alpha value is -1.09. The summed E-state index contributed by atoms with van der Waals surface area (Å²) in [5.74, 6) is 0.361. The summed E-state index contributed by atoms with van der Waals surface area (Å²) in [6.45, 7) is 5.60. The summed E-state index contributed by atoms with van der Waals surface area (Å²) in [6, 6.07) is 0. The second-order valence-corrected chi connectivity index (χ2v) is 4.12. The van der Waals surface area contributed by atoms with Gasteiger partial charge in [-0.3, -0.25) is 0 Å². The van der Waals surface area contributed by atoms with Crippen molar-refractivity contribution < 1.29 is 9.53 Å². The molecule has 0 spiro atoms. The first-order chi connectivity index (χ1) is 7.31. The molecule has 15 heavy (non-hydrogen) atoms. The summed E-state index contributed by atoms with van der Waals surface area (Å²) in [7, 11) is 0. The Kier molecular flexibility index (Phi) is 3.21. The summed E-state index contributed by atoms with van der Waals surface area (Å²) < 4.78 is 5.31. The van der Waals surface area contributed by atoms with E-state index in [1.807, 2.05) is 6.08 Å². The number of rotatable bonds is 2. The van der Waals surface area contributed by atoms with Gasteiger partial charge in [0.05, 0.1) is 13.2 Å². The van der Waals surface area contributed by atoms with Crippen LogP contribution in [0.25, 0.3) is 0 Å². The number of morpholine rings is 1. The first-order valence-corrected chi connectivity index (χ1v) is 5.49. The molecule has 2 rings (SSSR count). The lowest BCUT2D eigenvalue weighted by Crippen LogP contribution is -2.36. The molecule has 0 N–H and O–H groups in total. The zero-order valence-electron chi connectivity index (χ0n) is 9.06. The second kappa shape index (κ2) is 4.62.